The normalized spacial score (nSPS) is 21.7. The van der Waals surface area contributed by atoms with Gasteiger partial charge in [0.25, 0.3) is 0 Å². The van der Waals surface area contributed by atoms with E-state index in [0.29, 0.717) is 25.7 Å². The molecule has 0 spiro atoms. The van der Waals surface area contributed by atoms with Crippen LogP contribution in [-0.2, 0) is 18.3 Å². The maximum absolute atomic E-state index is 14.0. The molecule has 1 aliphatic heterocycles. The number of rotatable bonds is 8. The van der Waals surface area contributed by atoms with E-state index in [1.54, 1.807) is 11.9 Å². The van der Waals surface area contributed by atoms with Crippen molar-refractivity contribution in [2.24, 2.45) is 13.0 Å². The van der Waals surface area contributed by atoms with Crippen LogP contribution in [0.3, 0.4) is 0 Å². The number of carbonyl (C=O) groups excluding carboxylic acids is 2. The summed E-state index contributed by atoms with van der Waals surface area (Å²) in [7, 11) is 7.92. The molecule has 2 aromatic rings. The molecular formula is C28H41N5O2. The van der Waals surface area contributed by atoms with Crippen LogP contribution in [-0.4, -0.2) is 96.0 Å². The largest absolute Gasteiger partial charge is 0.350 e. The minimum atomic E-state index is -0.217. The van der Waals surface area contributed by atoms with Gasteiger partial charge < -0.3 is 14.4 Å². The maximum Gasteiger partial charge on any atom is 0.326 e. The summed E-state index contributed by atoms with van der Waals surface area (Å²) in [5.41, 5.74) is 3.99. The summed E-state index contributed by atoms with van der Waals surface area (Å²) in [6, 6.07) is 6.72. The van der Waals surface area contributed by atoms with Gasteiger partial charge in [-0.05, 0) is 64.0 Å². The molecule has 1 fully saturated rings. The van der Waals surface area contributed by atoms with Crippen molar-refractivity contribution in [1.82, 2.24) is 24.2 Å². The van der Waals surface area contributed by atoms with Gasteiger partial charge in [0, 0.05) is 69.3 Å². The Balaban J connectivity index is 1.65. The molecule has 0 bridgehead atoms. The number of piperidine rings is 1. The van der Waals surface area contributed by atoms with Gasteiger partial charge in [-0.15, -0.1) is 6.58 Å². The van der Waals surface area contributed by atoms with Crippen molar-refractivity contribution in [1.29, 1.82) is 0 Å². The second-order valence-corrected chi connectivity index (χ2v) is 10.5. The van der Waals surface area contributed by atoms with Crippen molar-refractivity contribution < 1.29 is 9.59 Å². The Hall–Kier alpha value is -2.64. The zero-order valence-corrected chi connectivity index (χ0v) is 22.0. The third-order valence-electron chi connectivity index (χ3n) is 7.88. The average Bonchev–Trinajstić information content (AvgIpc) is 3.17. The van der Waals surface area contributed by atoms with Gasteiger partial charge in [-0.2, -0.15) is 0 Å². The summed E-state index contributed by atoms with van der Waals surface area (Å²) in [6.07, 6.45) is 6.73. The van der Waals surface area contributed by atoms with E-state index in [1.165, 1.54) is 26.9 Å². The van der Waals surface area contributed by atoms with Gasteiger partial charge >= 0.3 is 6.03 Å². The third kappa shape index (κ3) is 4.89. The summed E-state index contributed by atoms with van der Waals surface area (Å²) in [4.78, 5) is 34.9. The van der Waals surface area contributed by atoms with E-state index in [0.717, 1.165) is 32.4 Å². The first kappa shape index (κ1) is 25.5. The lowest BCUT2D eigenvalue weighted by Gasteiger charge is -2.47. The Morgan fingerprint density at radius 3 is 2.66 bits per heavy atom. The van der Waals surface area contributed by atoms with E-state index in [4.69, 9.17) is 0 Å². The fourth-order valence-corrected chi connectivity index (χ4v) is 6.04. The first-order valence-electron chi connectivity index (χ1n) is 12.9. The topological polar surface area (TPSA) is 52.0 Å². The standard InChI is InChI=1S/C28H41N5O2/c1-7-13-32-19-21(27(34)33(15-10-14-29(3)4)28(35)30(5)8-2)16-23-22-11-9-12-24-26(22)20(17-25(23)32)18-31(24)6/h7,9,11-12,18,21,23,25H,1,8,10,13-17,19H2,2-6H3/t21-,23-,25-/m0/s1. The van der Waals surface area contributed by atoms with Gasteiger partial charge in [0.15, 0.2) is 0 Å². The van der Waals surface area contributed by atoms with Crippen LogP contribution in [0.15, 0.2) is 37.1 Å². The number of imide groups is 1. The average molecular weight is 480 g/mol. The Morgan fingerprint density at radius 1 is 1.20 bits per heavy atom. The first-order chi connectivity index (χ1) is 16.8. The number of fused-ring (bicyclic) bond motifs is 2. The van der Waals surface area contributed by atoms with Crippen LogP contribution >= 0.6 is 0 Å². The quantitative estimate of drug-likeness (QED) is 0.544. The lowest BCUT2D eigenvalue weighted by Crippen LogP contribution is -2.55. The van der Waals surface area contributed by atoms with E-state index in [9.17, 15) is 9.59 Å². The van der Waals surface area contributed by atoms with Crippen molar-refractivity contribution in [3.05, 3.63) is 48.2 Å². The molecular weight excluding hydrogens is 438 g/mol. The van der Waals surface area contributed by atoms with E-state index >= 15 is 0 Å². The summed E-state index contributed by atoms with van der Waals surface area (Å²) >= 11 is 0. The fraction of sp³-hybridized carbons (Fsp3) is 0.571. The van der Waals surface area contributed by atoms with Gasteiger partial charge in [-0.1, -0.05) is 18.2 Å². The van der Waals surface area contributed by atoms with Crippen LogP contribution in [0.4, 0.5) is 4.79 Å². The Bertz CT molecular complexity index is 1090. The number of amides is 3. The Morgan fingerprint density at radius 2 is 1.97 bits per heavy atom. The van der Waals surface area contributed by atoms with Gasteiger partial charge in [0.1, 0.15) is 0 Å². The highest BCUT2D eigenvalue weighted by atomic mass is 16.2. The number of nitrogens with zero attached hydrogens (tertiary/aromatic N) is 5. The predicted molar refractivity (Wildman–Crippen MR) is 142 cm³/mol. The number of aryl methyl sites for hydroxylation is 1. The number of urea groups is 1. The van der Waals surface area contributed by atoms with Gasteiger partial charge in [-0.3, -0.25) is 14.6 Å². The van der Waals surface area contributed by atoms with Gasteiger partial charge in [0.05, 0.1) is 5.92 Å². The molecule has 3 amide bonds. The molecule has 1 saturated heterocycles. The van der Waals surface area contributed by atoms with E-state index in [-0.39, 0.29) is 23.8 Å². The molecule has 0 radical (unpaired) electrons. The lowest BCUT2D eigenvalue weighted by atomic mass is 9.72. The van der Waals surface area contributed by atoms with Crippen LogP contribution in [0.5, 0.6) is 0 Å². The van der Waals surface area contributed by atoms with Crippen LogP contribution in [0.1, 0.15) is 36.8 Å². The second kappa shape index (κ2) is 10.5. The van der Waals surface area contributed by atoms with Crippen LogP contribution in [0.2, 0.25) is 0 Å². The molecule has 0 saturated carbocycles. The molecule has 2 heterocycles. The molecule has 7 nitrogen and oxygen atoms in total. The monoisotopic (exact) mass is 479 g/mol. The molecule has 0 N–H and O–H groups in total. The summed E-state index contributed by atoms with van der Waals surface area (Å²) in [5, 5.41) is 1.35. The minimum absolute atomic E-state index is 0.0346. The van der Waals surface area contributed by atoms with Crippen molar-refractivity contribution in [2.75, 3.05) is 53.9 Å². The second-order valence-electron chi connectivity index (χ2n) is 10.5. The maximum atomic E-state index is 14.0. The zero-order chi connectivity index (χ0) is 25.3. The van der Waals surface area contributed by atoms with Crippen molar-refractivity contribution in [3.63, 3.8) is 0 Å². The molecule has 1 aromatic heterocycles. The number of hydrogen-bond acceptors (Lipinski definition) is 4. The van der Waals surface area contributed by atoms with E-state index in [1.807, 2.05) is 27.1 Å². The molecule has 4 rings (SSSR count). The number of likely N-dealkylation sites (tertiary alicyclic amines) is 1. The fourth-order valence-electron chi connectivity index (χ4n) is 6.04. The molecule has 0 unspecified atom stereocenters. The number of hydrogen-bond donors (Lipinski definition) is 0. The van der Waals surface area contributed by atoms with E-state index < -0.39 is 0 Å². The van der Waals surface area contributed by atoms with Gasteiger partial charge in [0.2, 0.25) is 5.91 Å². The van der Waals surface area contributed by atoms with Crippen LogP contribution in [0, 0.1) is 5.92 Å². The highest BCUT2D eigenvalue weighted by Gasteiger charge is 2.44. The Kier molecular flexibility index (Phi) is 7.67. The Labute approximate surface area is 209 Å². The van der Waals surface area contributed by atoms with Crippen LogP contribution in [0.25, 0.3) is 10.9 Å². The molecule has 35 heavy (non-hydrogen) atoms. The SMILES string of the molecule is C=CCN1C[C@@H](C(=O)N(CCCN(C)C)C(=O)N(C)CC)C[C@H]2c3cccc4c3c(cn4C)C[C@@H]21. The molecule has 7 heteroatoms. The lowest BCUT2D eigenvalue weighted by molar-refractivity contribution is -0.135. The van der Waals surface area contributed by atoms with Gasteiger partial charge in [-0.25, -0.2) is 4.79 Å². The number of carbonyl (C=O) groups is 2. The van der Waals surface area contributed by atoms with Crippen LogP contribution < -0.4 is 0 Å². The molecule has 2 aliphatic rings. The van der Waals surface area contributed by atoms with E-state index in [2.05, 4.69) is 52.4 Å². The highest BCUT2D eigenvalue weighted by Crippen LogP contribution is 2.45. The van der Waals surface area contributed by atoms with Crippen molar-refractivity contribution in [2.45, 2.75) is 38.1 Å². The highest BCUT2D eigenvalue weighted by molar-refractivity contribution is 5.96. The molecule has 3 atom stereocenters. The summed E-state index contributed by atoms with van der Waals surface area (Å²) in [5.74, 6) is 0.0109. The van der Waals surface area contributed by atoms with Crippen molar-refractivity contribution >= 4 is 22.8 Å². The zero-order valence-electron chi connectivity index (χ0n) is 22.0. The number of aromatic nitrogens is 1. The third-order valence-corrected chi connectivity index (χ3v) is 7.88. The molecule has 190 valence electrons. The first-order valence-corrected chi connectivity index (χ1v) is 12.9. The predicted octanol–water partition coefficient (Wildman–Crippen LogP) is 3.55. The molecule has 1 aliphatic carbocycles. The smallest absolute Gasteiger partial charge is 0.326 e. The number of benzene rings is 1. The minimum Gasteiger partial charge on any atom is -0.350 e. The summed E-state index contributed by atoms with van der Waals surface area (Å²) < 4.78 is 2.22. The molecule has 1 aromatic carbocycles. The van der Waals surface area contributed by atoms with Crippen molar-refractivity contribution in [3.8, 4) is 0 Å². The summed E-state index contributed by atoms with van der Waals surface area (Å²) in [6.45, 7) is 9.21.